The summed E-state index contributed by atoms with van der Waals surface area (Å²) in [6, 6.07) is 8.33. The molecule has 2 fully saturated rings. The minimum atomic E-state index is -0.300. The summed E-state index contributed by atoms with van der Waals surface area (Å²) < 4.78 is 5.65. The quantitative estimate of drug-likeness (QED) is 0.851. The number of hydrogen-bond donors (Lipinski definition) is 1. The Balaban J connectivity index is 1.75. The molecule has 28 heavy (non-hydrogen) atoms. The number of imide groups is 1. The van der Waals surface area contributed by atoms with Gasteiger partial charge in [0.05, 0.1) is 12.0 Å². The number of nitrogens with one attached hydrogen (secondary N) is 1. The van der Waals surface area contributed by atoms with Crippen LogP contribution in [0.2, 0.25) is 0 Å². The van der Waals surface area contributed by atoms with Gasteiger partial charge in [0, 0.05) is 6.61 Å². The number of ether oxygens (including phenoxy) is 1. The van der Waals surface area contributed by atoms with E-state index in [0.717, 1.165) is 25.7 Å². The molecule has 0 radical (unpaired) electrons. The highest BCUT2D eigenvalue weighted by atomic mass is 16.5. The Labute approximate surface area is 167 Å². The number of urea groups is 1. The lowest BCUT2D eigenvalue weighted by molar-refractivity contribution is -0.143. The summed E-state index contributed by atoms with van der Waals surface area (Å²) in [4.78, 5) is 27.5. The lowest BCUT2D eigenvalue weighted by Crippen LogP contribution is -2.68. The summed E-state index contributed by atoms with van der Waals surface area (Å²) in [6.45, 7) is 7.07. The summed E-state index contributed by atoms with van der Waals surface area (Å²) in [5.41, 5.74) is 2.72. The normalized spacial score (nSPS) is 31.8. The van der Waals surface area contributed by atoms with E-state index >= 15 is 0 Å². The second-order valence-corrected chi connectivity index (χ2v) is 9.24. The lowest BCUT2D eigenvalue weighted by Gasteiger charge is -2.55. The minimum absolute atomic E-state index is 0.104. The molecule has 4 atom stereocenters. The second kappa shape index (κ2) is 7.51. The first kappa shape index (κ1) is 19.4. The van der Waals surface area contributed by atoms with Crippen LogP contribution in [0.3, 0.4) is 0 Å². The number of carbonyl (C=O) groups is 2. The first-order valence-corrected chi connectivity index (χ1v) is 10.7. The molecule has 5 nitrogen and oxygen atoms in total. The van der Waals surface area contributed by atoms with Gasteiger partial charge in [-0.05, 0) is 67.4 Å². The zero-order chi connectivity index (χ0) is 19.9. The molecule has 1 aliphatic heterocycles. The summed E-state index contributed by atoms with van der Waals surface area (Å²) in [5.74, 6) is 0.381. The second-order valence-electron chi connectivity index (χ2n) is 9.24. The molecular weight excluding hydrogens is 352 g/mol. The number of carbonyl (C=O) groups excluding carboxylic acids is 2. The third-order valence-electron chi connectivity index (χ3n) is 7.24. The van der Waals surface area contributed by atoms with E-state index in [1.165, 1.54) is 17.5 Å². The zero-order valence-corrected chi connectivity index (χ0v) is 17.2. The van der Waals surface area contributed by atoms with Gasteiger partial charge in [0.15, 0.2) is 0 Å². The number of nitrogens with zero attached hydrogens (tertiary/aromatic N) is 1. The van der Waals surface area contributed by atoms with Crippen molar-refractivity contribution >= 4 is 11.9 Å². The molecule has 4 rings (SSSR count). The molecule has 1 heterocycles. The van der Waals surface area contributed by atoms with E-state index in [0.29, 0.717) is 12.5 Å². The average molecular weight is 385 g/mol. The van der Waals surface area contributed by atoms with Crippen LogP contribution in [0.5, 0.6) is 0 Å². The molecule has 3 aliphatic rings. The Bertz CT molecular complexity index is 760. The van der Waals surface area contributed by atoms with Crippen molar-refractivity contribution < 1.29 is 14.3 Å². The SMILES string of the molecule is CCOCN1C(=O)NC(=O)C2C1C(C1CCCc3ccccc31)CCC2(C)C. The zero-order valence-electron chi connectivity index (χ0n) is 17.2. The van der Waals surface area contributed by atoms with Crippen LogP contribution in [0.25, 0.3) is 0 Å². The predicted octanol–water partition coefficient (Wildman–Crippen LogP) is 4.07. The molecule has 3 amide bonds. The van der Waals surface area contributed by atoms with Crippen molar-refractivity contribution in [2.75, 3.05) is 13.3 Å². The Morgan fingerprint density at radius 2 is 2.00 bits per heavy atom. The summed E-state index contributed by atoms with van der Waals surface area (Å²) in [7, 11) is 0. The lowest BCUT2D eigenvalue weighted by atomic mass is 9.57. The first-order valence-electron chi connectivity index (χ1n) is 10.7. The summed E-state index contributed by atoms with van der Waals surface area (Å²) >= 11 is 0. The highest BCUT2D eigenvalue weighted by Crippen LogP contribution is 2.52. The third kappa shape index (κ3) is 3.24. The number of benzene rings is 1. The molecule has 1 aromatic rings. The molecule has 0 aromatic heterocycles. The van der Waals surface area contributed by atoms with Crippen LogP contribution in [0, 0.1) is 17.3 Å². The van der Waals surface area contributed by atoms with Crippen molar-refractivity contribution in [3.05, 3.63) is 35.4 Å². The van der Waals surface area contributed by atoms with Crippen molar-refractivity contribution in [3.8, 4) is 0 Å². The van der Waals surface area contributed by atoms with Crippen molar-refractivity contribution in [1.29, 1.82) is 0 Å². The fourth-order valence-corrected chi connectivity index (χ4v) is 5.90. The molecule has 1 N–H and O–H groups in total. The standard InChI is InChI=1S/C23H32N2O3/c1-4-28-14-25-20-18(17-11-7-9-15-8-5-6-10-16(15)17)12-13-23(2,3)19(20)21(26)24-22(25)27/h5-6,8,10,17-20H,4,7,9,11-14H2,1-3H3,(H,24,26,27). The van der Waals surface area contributed by atoms with E-state index in [1.807, 2.05) is 6.92 Å². The van der Waals surface area contributed by atoms with Crippen LogP contribution in [-0.2, 0) is 16.0 Å². The summed E-state index contributed by atoms with van der Waals surface area (Å²) in [6.07, 6.45) is 5.47. The molecule has 1 aromatic carbocycles. The molecule has 4 unspecified atom stereocenters. The van der Waals surface area contributed by atoms with Crippen molar-refractivity contribution in [3.63, 3.8) is 0 Å². The van der Waals surface area contributed by atoms with Gasteiger partial charge < -0.3 is 4.74 Å². The van der Waals surface area contributed by atoms with Crippen LogP contribution in [0.15, 0.2) is 24.3 Å². The molecule has 5 heteroatoms. The van der Waals surface area contributed by atoms with Gasteiger partial charge in [-0.15, -0.1) is 0 Å². The van der Waals surface area contributed by atoms with Gasteiger partial charge in [0.2, 0.25) is 5.91 Å². The molecule has 152 valence electrons. The van der Waals surface area contributed by atoms with Gasteiger partial charge >= 0.3 is 6.03 Å². The van der Waals surface area contributed by atoms with E-state index in [4.69, 9.17) is 4.74 Å². The van der Waals surface area contributed by atoms with Gasteiger partial charge in [-0.2, -0.15) is 0 Å². The van der Waals surface area contributed by atoms with Gasteiger partial charge in [-0.25, -0.2) is 4.79 Å². The number of fused-ring (bicyclic) bond motifs is 2. The highest BCUT2D eigenvalue weighted by Gasteiger charge is 2.56. The van der Waals surface area contributed by atoms with E-state index in [-0.39, 0.29) is 42.0 Å². The predicted molar refractivity (Wildman–Crippen MR) is 108 cm³/mol. The first-order chi connectivity index (χ1) is 13.4. The Morgan fingerprint density at radius 1 is 1.21 bits per heavy atom. The maximum absolute atomic E-state index is 12.9. The van der Waals surface area contributed by atoms with E-state index < -0.39 is 0 Å². The van der Waals surface area contributed by atoms with Crippen molar-refractivity contribution in [1.82, 2.24) is 10.2 Å². The molecule has 2 aliphatic carbocycles. The number of aryl methyl sites for hydroxylation is 1. The fourth-order valence-electron chi connectivity index (χ4n) is 5.90. The smallest absolute Gasteiger partial charge is 0.326 e. The maximum Gasteiger partial charge on any atom is 0.326 e. The third-order valence-corrected chi connectivity index (χ3v) is 7.24. The number of amides is 3. The molecule has 0 spiro atoms. The van der Waals surface area contributed by atoms with Gasteiger partial charge in [-0.3, -0.25) is 15.0 Å². The Kier molecular flexibility index (Phi) is 5.21. The fraction of sp³-hybridized carbons (Fsp3) is 0.652. The molecule has 0 bridgehead atoms. The topological polar surface area (TPSA) is 58.6 Å². The Hall–Kier alpha value is -1.88. The summed E-state index contributed by atoms with van der Waals surface area (Å²) in [5, 5.41) is 2.60. The molecule has 1 saturated heterocycles. The average Bonchev–Trinajstić information content (AvgIpc) is 2.67. The van der Waals surface area contributed by atoms with E-state index in [2.05, 4.69) is 43.4 Å². The minimum Gasteiger partial charge on any atom is -0.361 e. The number of hydrogen-bond acceptors (Lipinski definition) is 3. The Morgan fingerprint density at radius 3 is 2.79 bits per heavy atom. The van der Waals surface area contributed by atoms with E-state index in [1.54, 1.807) is 4.90 Å². The van der Waals surface area contributed by atoms with Crippen molar-refractivity contribution in [2.45, 2.75) is 64.8 Å². The van der Waals surface area contributed by atoms with Gasteiger partial charge in [0.25, 0.3) is 0 Å². The van der Waals surface area contributed by atoms with Crippen molar-refractivity contribution in [2.24, 2.45) is 17.3 Å². The van der Waals surface area contributed by atoms with Crippen LogP contribution < -0.4 is 5.32 Å². The molecule has 1 saturated carbocycles. The monoisotopic (exact) mass is 384 g/mol. The van der Waals surface area contributed by atoms with Gasteiger partial charge in [-0.1, -0.05) is 38.1 Å². The largest absolute Gasteiger partial charge is 0.361 e. The van der Waals surface area contributed by atoms with Crippen LogP contribution in [-0.4, -0.2) is 36.2 Å². The highest BCUT2D eigenvalue weighted by molar-refractivity contribution is 5.99. The van der Waals surface area contributed by atoms with E-state index in [9.17, 15) is 9.59 Å². The molecular formula is C23H32N2O3. The van der Waals surface area contributed by atoms with Crippen LogP contribution in [0.4, 0.5) is 4.79 Å². The van der Waals surface area contributed by atoms with Gasteiger partial charge in [0.1, 0.15) is 6.73 Å². The number of rotatable bonds is 4. The van der Waals surface area contributed by atoms with Crippen LogP contribution in [0.1, 0.15) is 63.5 Å². The maximum atomic E-state index is 12.9. The van der Waals surface area contributed by atoms with Crippen LogP contribution >= 0.6 is 0 Å².